The number of rotatable bonds is 5. The highest BCUT2D eigenvalue weighted by molar-refractivity contribution is 5.92. The number of aliphatic hydroxyl groups excluding tert-OH is 2. The lowest BCUT2D eigenvalue weighted by atomic mass is 9.76. The van der Waals surface area contributed by atoms with Gasteiger partial charge < -0.3 is 29.5 Å². The van der Waals surface area contributed by atoms with Crippen LogP contribution in [-0.2, 0) is 28.6 Å². The van der Waals surface area contributed by atoms with Crippen LogP contribution in [0.25, 0.3) is 0 Å². The molecule has 7 atom stereocenters. The van der Waals surface area contributed by atoms with Crippen molar-refractivity contribution < 1.29 is 43.9 Å². The van der Waals surface area contributed by atoms with Crippen molar-refractivity contribution in [3.05, 3.63) is 36.5 Å². The lowest BCUT2D eigenvalue weighted by Crippen LogP contribution is -2.54. The normalized spacial score (nSPS) is 37.7. The third-order valence-electron chi connectivity index (χ3n) is 6.31. The number of carbonyl (C=O) groups excluding carboxylic acids is 3. The molecule has 9 nitrogen and oxygen atoms in total. The molecule has 0 amide bonds. The van der Waals surface area contributed by atoms with E-state index in [9.17, 15) is 24.6 Å². The Morgan fingerprint density at radius 1 is 1.33 bits per heavy atom. The molecule has 1 heterocycles. The molecule has 3 rings (SSSR count). The van der Waals surface area contributed by atoms with Crippen LogP contribution in [0.1, 0.15) is 19.8 Å². The SMILES string of the molecule is C=C(CO)C(=O)O[C@H]1CC(=C)[C@@H]2C[C@H](O)[C@](O)(COC(C)=O)[C@@H]2[C@H]2OC(=O)C(=C)[C@@H]21. The molecule has 3 N–H and O–H groups in total. The first-order valence-electron chi connectivity index (χ1n) is 9.62. The Bertz CT molecular complexity index is 815. The first kappa shape index (κ1) is 22.2. The van der Waals surface area contributed by atoms with Crippen LogP contribution in [-0.4, -0.2) is 70.4 Å². The number of aliphatic hydroxyl groups is 3. The number of fused-ring (bicyclic) bond motifs is 3. The van der Waals surface area contributed by atoms with E-state index in [4.69, 9.17) is 19.3 Å². The molecule has 0 aromatic carbocycles. The molecule has 0 aromatic heterocycles. The Kier molecular flexibility index (Phi) is 5.90. The minimum Gasteiger partial charge on any atom is -0.463 e. The average Bonchev–Trinajstić information content (AvgIpc) is 3.08. The molecule has 164 valence electrons. The summed E-state index contributed by atoms with van der Waals surface area (Å²) in [5, 5.41) is 31.1. The summed E-state index contributed by atoms with van der Waals surface area (Å²) in [6.45, 7) is 11.4. The lowest BCUT2D eigenvalue weighted by molar-refractivity contribution is -0.177. The van der Waals surface area contributed by atoms with E-state index < -0.39 is 72.8 Å². The molecule has 9 heteroatoms. The fourth-order valence-electron chi connectivity index (χ4n) is 4.78. The van der Waals surface area contributed by atoms with Gasteiger partial charge in [-0.3, -0.25) is 4.79 Å². The smallest absolute Gasteiger partial charge is 0.336 e. The highest BCUT2D eigenvalue weighted by Gasteiger charge is 2.65. The van der Waals surface area contributed by atoms with Crippen LogP contribution in [0, 0.1) is 17.8 Å². The molecule has 1 aliphatic heterocycles. The Balaban J connectivity index is 2.00. The molecule has 0 bridgehead atoms. The van der Waals surface area contributed by atoms with Gasteiger partial charge in [-0.05, 0) is 12.3 Å². The van der Waals surface area contributed by atoms with Gasteiger partial charge in [0.25, 0.3) is 0 Å². The van der Waals surface area contributed by atoms with Gasteiger partial charge in [-0.1, -0.05) is 25.3 Å². The maximum atomic E-state index is 12.3. The van der Waals surface area contributed by atoms with Gasteiger partial charge in [-0.15, -0.1) is 0 Å². The van der Waals surface area contributed by atoms with Crippen molar-refractivity contribution in [1.29, 1.82) is 0 Å². The zero-order chi connectivity index (χ0) is 22.4. The number of hydrogen-bond acceptors (Lipinski definition) is 9. The largest absolute Gasteiger partial charge is 0.463 e. The van der Waals surface area contributed by atoms with Crippen LogP contribution in [0.5, 0.6) is 0 Å². The van der Waals surface area contributed by atoms with E-state index in [0.29, 0.717) is 5.57 Å². The molecule has 0 aromatic rings. The van der Waals surface area contributed by atoms with Crippen molar-refractivity contribution in [2.75, 3.05) is 13.2 Å². The second-order valence-electron chi connectivity index (χ2n) is 8.14. The summed E-state index contributed by atoms with van der Waals surface area (Å²) in [6, 6.07) is 0. The number of carbonyl (C=O) groups is 3. The second kappa shape index (κ2) is 7.98. The molecule has 3 fully saturated rings. The van der Waals surface area contributed by atoms with Gasteiger partial charge in [0.15, 0.2) is 0 Å². The summed E-state index contributed by atoms with van der Waals surface area (Å²) in [5.41, 5.74) is -1.39. The molecular formula is C21H26O9. The van der Waals surface area contributed by atoms with E-state index >= 15 is 0 Å². The van der Waals surface area contributed by atoms with Crippen LogP contribution >= 0.6 is 0 Å². The van der Waals surface area contributed by atoms with Gasteiger partial charge in [-0.2, -0.15) is 0 Å². The number of hydrogen-bond donors (Lipinski definition) is 3. The number of esters is 3. The molecule has 3 aliphatic rings. The summed E-state index contributed by atoms with van der Waals surface area (Å²) >= 11 is 0. The highest BCUT2D eigenvalue weighted by atomic mass is 16.6. The third kappa shape index (κ3) is 3.57. The van der Waals surface area contributed by atoms with Gasteiger partial charge in [0, 0.05) is 24.8 Å². The molecule has 0 spiro atoms. The quantitative estimate of drug-likeness (QED) is 0.238. The fourth-order valence-corrected chi connectivity index (χ4v) is 4.78. The Labute approximate surface area is 173 Å². The Morgan fingerprint density at radius 3 is 2.60 bits per heavy atom. The van der Waals surface area contributed by atoms with Crippen molar-refractivity contribution in [2.24, 2.45) is 17.8 Å². The molecule has 30 heavy (non-hydrogen) atoms. The maximum absolute atomic E-state index is 12.3. The van der Waals surface area contributed by atoms with Gasteiger partial charge in [0.1, 0.15) is 24.4 Å². The second-order valence-corrected chi connectivity index (χ2v) is 8.14. The van der Waals surface area contributed by atoms with E-state index in [1.165, 1.54) is 6.92 Å². The summed E-state index contributed by atoms with van der Waals surface area (Å²) in [6.07, 6.45) is -2.87. The molecule has 2 saturated carbocycles. The van der Waals surface area contributed by atoms with E-state index in [2.05, 4.69) is 19.7 Å². The Hall–Kier alpha value is -2.49. The van der Waals surface area contributed by atoms with E-state index in [0.717, 1.165) is 0 Å². The maximum Gasteiger partial charge on any atom is 0.336 e. The zero-order valence-corrected chi connectivity index (χ0v) is 16.7. The first-order chi connectivity index (χ1) is 14.0. The fraction of sp³-hybridized carbons (Fsp3) is 0.571. The number of ether oxygens (including phenoxy) is 3. The van der Waals surface area contributed by atoms with E-state index in [1.807, 2.05) is 0 Å². The van der Waals surface area contributed by atoms with Crippen molar-refractivity contribution >= 4 is 17.9 Å². The zero-order valence-electron chi connectivity index (χ0n) is 16.7. The van der Waals surface area contributed by atoms with Gasteiger partial charge in [-0.25, -0.2) is 9.59 Å². The van der Waals surface area contributed by atoms with Crippen LogP contribution in [0.3, 0.4) is 0 Å². The summed E-state index contributed by atoms with van der Waals surface area (Å²) in [4.78, 5) is 35.9. The van der Waals surface area contributed by atoms with Crippen LogP contribution in [0.4, 0.5) is 0 Å². The predicted octanol–water partition coefficient (Wildman–Crippen LogP) is -0.204. The lowest BCUT2D eigenvalue weighted by Gasteiger charge is -2.37. The average molecular weight is 422 g/mol. The van der Waals surface area contributed by atoms with Crippen LogP contribution < -0.4 is 0 Å². The molecule has 0 unspecified atom stereocenters. The van der Waals surface area contributed by atoms with Crippen LogP contribution in [0.15, 0.2) is 36.5 Å². The van der Waals surface area contributed by atoms with Crippen molar-refractivity contribution in [3.63, 3.8) is 0 Å². The molecule has 1 saturated heterocycles. The minimum absolute atomic E-state index is 0.0667. The molecule has 0 radical (unpaired) electrons. The monoisotopic (exact) mass is 422 g/mol. The van der Waals surface area contributed by atoms with Crippen molar-refractivity contribution in [2.45, 2.75) is 43.7 Å². The Morgan fingerprint density at radius 2 is 2.00 bits per heavy atom. The van der Waals surface area contributed by atoms with Crippen molar-refractivity contribution in [3.8, 4) is 0 Å². The molecular weight excluding hydrogens is 396 g/mol. The molecule has 2 aliphatic carbocycles. The summed E-state index contributed by atoms with van der Waals surface area (Å²) in [5.74, 6) is -4.30. The summed E-state index contributed by atoms with van der Waals surface area (Å²) in [7, 11) is 0. The third-order valence-corrected chi connectivity index (χ3v) is 6.31. The highest BCUT2D eigenvalue weighted by Crippen LogP contribution is 2.54. The summed E-state index contributed by atoms with van der Waals surface area (Å²) < 4.78 is 16.0. The van der Waals surface area contributed by atoms with Crippen molar-refractivity contribution in [1.82, 2.24) is 0 Å². The van der Waals surface area contributed by atoms with Gasteiger partial charge in [0.05, 0.1) is 24.2 Å². The van der Waals surface area contributed by atoms with E-state index in [1.54, 1.807) is 0 Å². The topological polar surface area (TPSA) is 140 Å². The predicted molar refractivity (Wildman–Crippen MR) is 102 cm³/mol. The van der Waals surface area contributed by atoms with Gasteiger partial charge >= 0.3 is 17.9 Å². The van der Waals surface area contributed by atoms with E-state index in [-0.39, 0.29) is 24.0 Å². The standard InChI is InChI=1S/C21H26O9/c1-9-5-14(29-19(25)10(2)7-22)16-11(3)20(26)30-18(16)17-13(9)6-15(24)21(17,27)8-28-12(4)23/h13-18,22,24,27H,1-3,5-8H2,4H3/t13-,14-,15-,16+,17-,18-,21+/m0/s1. The van der Waals surface area contributed by atoms with Gasteiger partial charge in [0.2, 0.25) is 0 Å². The minimum atomic E-state index is -1.89. The first-order valence-corrected chi connectivity index (χ1v) is 9.62. The van der Waals surface area contributed by atoms with Crippen LogP contribution in [0.2, 0.25) is 0 Å².